The Hall–Kier alpha value is -5.19. The van der Waals surface area contributed by atoms with E-state index in [0.717, 1.165) is 5.69 Å². The van der Waals surface area contributed by atoms with Gasteiger partial charge in [0.1, 0.15) is 6.33 Å². The second-order valence-corrected chi connectivity index (χ2v) is 7.31. The summed E-state index contributed by atoms with van der Waals surface area (Å²) in [7, 11) is 0. The lowest BCUT2D eigenvalue weighted by atomic mass is 10.2. The first-order chi connectivity index (χ1) is 17.5. The number of aromatic nitrogens is 2. The molecule has 0 spiro atoms. The van der Waals surface area contributed by atoms with Crippen molar-refractivity contribution in [2.24, 2.45) is 10.2 Å². The first-order valence-electron chi connectivity index (χ1n) is 10.9. The van der Waals surface area contributed by atoms with Crippen LogP contribution in [0.4, 0.5) is 40.1 Å². The summed E-state index contributed by atoms with van der Waals surface area (Å²) in [5.74, 6) is -0.440. The molecule has 0 aliphatic rings. The minimum absolute atomic E-state index is 0.00494. The van der Waals surface area contributed by atoms with E-state index in [1.54, 1.807) is 55.5 Å². The number of nitrogens with zero attached hydrogens (tertiary/aromatic N) is 5. The van der Waals surface area contributed by atoms with E-state index in [1.165, 1.54) is 6.33 Å². The lowest BCUT2D eigenvalue weighted by molar-refractivity contribution is -0.383. The zero-order chi connectivity index (χ0) is 25.3. The molecule has 3 aromatic carbocycles. The summed E-state index contributed by atoms with van der Waals surface area (Å²) in [4.78, 5) is 31.2. The lowest BCUT2D eigenvalue weighted by Crippen LogP contribution is -2.06. The minimum Gasteiger partial charge on any atom is -0.462 e. The monoisotopic (exact) mass is 483 g/mol. The largest absolute Gasteiger partial charge is 0.462 e. The summed E-state index contributed by atoms with van der Waals surface area (Å²) in [5, 5.41) is 26.1. The Morgan fingerprint density at radius 3 is 1.92 bits per heavy atom. The topological polar surface area (TPSA) is 144 Å². The number of esters is 1. The predicted molar refractivity (Wildman–Crippen MR) is 135 cm³/mol. The molecule has 1 aromatic heterocycles. The van der Waals surface area contributed by atoms with Crippen molar-refractivity contribution in [2.45, 2.75) is 6.92 Å². The highest BCUT2D eigenvalue weighted by molar-refractivity contribution is 5.90. The average Bonchev–Trinajstić information content (AvgIpc) is 2.89. The summed E-state index contributed by atoms with van der Waals surface area (Å²) in [6.45, 7) is 1.99. The molecule has 36 heavy (non-hydrogen) atoms. The van der Waals surface area contributed by atoms with Crippen molar-refractivity contribution in [3.05, 3.63) is 101 Å². The maximum Gasteiger partial charge on any atom is 0.353 e. The van der Waals surface area contributed by atoms with Gasteiger partial charge < -0.3 is 15.4 Å². The molecule has 0 atom stereocenters. The van der Waals surface area contributed by atoms with Crippen molar-refractivity contribution in [3.63, 3.8) is 0 Å². The van der Waals surface area contributed by atoms with Gasteiger partial charge in [0, 0.05) is 11.4 Å². The molecule has 0 radical (unpaired) electrons. The number of hydrogen-bond acceptors (Lipinski definition) is 10. The van der Waals surface area contributed by atoms with Gasteiger partial charge in [0.05, 0.1) is 28.5 Å². The summed E-state index contributed by atoms with van der Waals surface area (Å²) >= 11 is 0. The molecule has 0 fully saturated rings. The van der Waals surface area contributed by atoms with E-state index in [4.69, 9.17) is 4.74 Å². The number of nitrogens with one attached hydrogen (secondary N) is 2. The summed E-state index contributed by atoms with van der Waals surface area (Å²) in [6.07, 6.45) is 1.22. The number of azo groups is 1. The van der Waals surface area contributed by atoms with Crippen LogP contribution in [0.3, 0.4) is 0 Å². The summed E-state index contributed by atoms with van der Waals surface area (Å²) in [6, 6.07) is 22.5. The Kier molecular flexibility index (Phi) is 7.51. The van der Waals surface area contributed by atoms with Crippen molar-refractivity contribution in [1.29, 1.82) is 0 Å². The highest BCUT2D eigenvalue weighted by Crippen LogP contribution is 2.33. The zero-order valence-electron chi connectivity index (χ0n) is 19.2. The molecule has 11 heteroatoms. The van der Waals surface area contributed by atoms with Gasteiger partial charge in [-0.25, -0.2) is 14.8 Å². The minimum atomic E-state index is -0.569. The van der Waals surface area contributed by atoms with Gasteiger partial charge in [0.15, 0.2) is 0 Å². The zero-order valence-corrected chi connectivity index (χ0v) is 19.2. The van der Waals surface area contributed by atoms with E-state index in [-0.39, 0.29) is 23.9 Å². The van der Waals surface area contributed by atoms with E-state index < -0.39 is 10.9 Å². The van der Waals surface area contributed by atoms with E-state index in [9.17, 15) is 14.9 Å². The molecule has 0 saturated carbocycles. The van der Waals surface area contributed by atoms with Crippen molar-refractivity contribution in [1.82, 2.24) is 9.97 Å². The van der Waals surface area contributed by atoms with Gasteiger partial charge in [0.2, 0.25) is 11.6 Å². The molecule has 11 nitrogen and oxygen atoms in total. The third-order valence-electron chi connectivity index (χ3n) is 4.83. The molecule has 0 amide bonds. The average molecular weight is 483 g/mol. The number of benzene rings is 3. The first kappa shape index (κ1) is 24.0. The van der Waals surface area contributed by atoms with Crippen molar-refractivity contribution in [3.8, 4) is 0 Å². The maximum absolute atomic E-state index is 11.9. The third-order valence-corrected chi connectivity index (χ3v) is 4.83. The van der Waals surface area contributed by atoms with Gasteiger partial charge in [-0.1, -0.05) is 18.2 Å². The van der Waals surface area contributed by atoms with E-state index in [2.05, 4.69) is 30.8 Å². The van der Waals surface area contributed by atoms with Crippen LogP contribution >= 0.6 is 0 Å². The molecule has 4 rings (SSSR count). The van der Waals surface area contributed by atoms with Crippen LogP contribution in [-0.4, -0.2) is 27.5 Å². The number of nitro groups is 1. The van der Waals surface area contributed by atoms with Crippen molar-refractivity contribution in [2.75, 3.05) is 17.2 Å². The lowest BCUT2D eigenvalue weighted by Gasteiger charge is -2.10. The van der Waals surface area contributed by atoms with Gasteiger partial charge in [-0.05, 0) is 67.6 Å². The fourth-order valence-electron chi connectivity index (χ4n) is 3.13. The van der Waals surface area contributed by atoms with Crippen LogP contribution < -0.4 is 10.6 Å². The second kappa shape index (κ2) is 11.3. The van der Waals surface area contributed by atoms with Crippen LogP contribution in [0.2, 0.25) is 0 Å². The van der Waals surface area contributed by atoms with Crippen molar-refractivity contribution < 1.29 is 14.5 Å². The molecule has 2 N–H and O–H groups in total. The quantitative estimate of drug-likeness (QED) is 0.119. The Morgan fingerprint density at radius 1 is 0.861 bits per heavy atom. The van der Waals surface area contributed by atoms with E-state index in [1.807, 2.05) is 30.3 Å². The molecular weight excluding hydrogens is 462 g/mol. The number of carbonyl (C=O) groups excluding carboxylic acids is 1. The van der Waals surface area contributed by atoms with Gasteiger partial charge in [-0.15, -0.1) is 0 Å². The number of carbonyl (C=O) groups is 1. The molecular formula is C25H21N7O4. The molecule has 0 bridgehead atoms. The van der Waals surface area contributed by atoms with Crippen LogP contribution in [-0.2, 0) is 4.74 Å². The highest BCUT2D eigenvalue weighted by Gasteiger charge is 2.23. The smallest absolute Gasteiger partial charge is 0.353 e. The molecule has 4 aromatic rings. The van der Waals surface area contributed by atoms with Crippen LogP contribution in [0.1, 0.15) is 17.3 Å². The van der Waals surface area contributed by atoms with Crippen LogP contribution in [0, 0.1) is 10.1 Å². The van der Waals surface area contributed by atoms with Gasteiger partial charge in [0.25, 0.3) is 0 Å². The summed E-state index contributed by atoms with van der Waals surface area (Å²) < 4.78 is 4.96. The predicted octanol–water partition coefficient (Wildman–Crippen LogP) is 6.46. The fraction of sp³-hybridized carbons (Fsp3) is 0.0800. The second-order valence-electron chi connectivity index (χ2n) is 7.31. The molecule has 0 aliphatic carbocycles. The Balaban J connectivity index is 1.51. The Bertz CT molecular complexity index is 1380. The SMILES string of the molecule is CCOC(=O)c1ccc(Nc2ncnc(Nc3ccc(N=Nc4ccccc4)cc3)c2[N+](=O)[O-])cc1. The molecule has 0 saturated heterocycles. The Morgan fingerprint density at radius 2 is 1.39 bits per heavy atom. The molecule has 0 unspecified atom stereocenters. The third kappa shape index (κ3) is 6.03. The van der Waals surface area contributed by atoms with Gasteiger partial charge in [-0.2, -0.15) is 10.2 Å². The maximum atomic E-state index is 11.9. The molecule has 0 aliphatic heterocycles. The Labute approximate surface area is 206 Å². The van der Waals surface area contributed by atoms with Crippen LogP contribution in [0.5, 0.6) is 0 Å². The number of ether oxygens (including phenoxy) is 1. The van der Waals surface area contributed by atoms with Gasteiger partial charge >= 0.3 is 11.7 Å². The van der Waals surface area contributed by atoms with E-state index >= 15 is 0 Å². The molecule has 180 valence electrons. The first-order valence-corrected chi connectivity index (χ1v) is 10.9. The molecule has 1 heterocycles. The fourth-order valence-corrected chi connectivity index (χ4v) is 3.13. The van der Waals surface area contributed by atoms with Crippen LogP contribution in [0.15, 0.2) is 95.4 Å². The number of rotatable bonds is 9. The standard InChI is InChI=1S/C25H21N7O4/c1-2-36-25(33)17-8-10-18(11-9-17)28-23-22(32(34)35)24(27-16-26-23)29-19-12-14-21(15-13-19)31-30-20-6-4-3-5-7-20/h3-16H,2H2,1H3,(H2,26,27,28,29). The van der Waals surface area contributed by atoms with Gasteiger partial charge in [-0.3, -0.25) is 10.1 Å². The number of anilines is 4. The van der Waals surface area contributed by atoms with E-state index in [0.29, 0.717) is 22.6 Å². The van der Waals surface area contributed by atoms with Crippen LogP contribution in [0.25, 0.3) is 0 Å². The van der Waals surface area contributed by atoms with Crippen molar-refractivity contribution >= 4 is 46.0 Å². The normalized spacial score (nSPS) is 10.7. The summed E-state index contributed by atoms with van der Waals surface area (Å²) in [5.41, 5.74) is 2.46. The number of hydrogen-bond donors (Lipinski definition) is 2. The highest BCUT2D eigenvalue weighted by atomic mass is 16.6.